The van der Waals surface area contributed by atoms with Crippen LogP contribution in [0.5, 0.6) is 5.75 Å². The molecule has 0 spiro atoms. The molecule has 2 rings (SSSR count). The summed E-state index contributed by atoms with van der Waals surface area (Å²) in [5.74, 6) is 1.27. The van der Waals surface area contributed by atoms with E-state index in [-0.39, 0.29) is 6.10 Å². The first-order valence-corrected chi connectivity index (χ1v) is 7.29. The van der Waals surface area contributed by atoms with Gasteiger partial charge in [-0.25, -0.2) is 0 Å². The molecule has 1 heterocycles. The Kier molecular flexibility index (Phi) is 5.16. The van der Waals surface area contributed by atoms with E-state index in [0.29, 0.717) is 21.7 Å². The van der Waals surface area contributed by atoms with Gasteiger partial charge in [-0.3, -0.25) is 0 Å². The lowest BCUT2D eigenvalue weighted by atomic mass is 9.97. The van der Waals surface area contributed by atoms with Gasteiger partial charge in [-0.1, -0.05) is 42.6 Å². The van der Waals surface area contributed by atoms with Crippen molar-refractivity contribution >= 4 is 23.2 Å². The minimum Gasteiger partial charge on any atom is -0.488 e. The van der Waals surface area contributed by atoms with E-state index in [2.05, 4.69) is 12.2 Å². The van der Waals surface area contributed by atoms with Crippen molar-refractivity contribution in [3.63, 3.8) is 0 Å². The van der Waals surface area contributed by atoms with Gasteiger partial charge in [-0.05, 0) is 31.5 Å². The van der Waals surface area contributed by atoms with E-state index in [4.69, 9.17) is 27.9 Å². The number of halogens is 2. The van der Waals surface area contributed by atoms with Gasteiger partial charge in [-0.2, -0.15) is 0 Å². The van der Waals surface area contributed by atoms with Gasteiger partial charge < -0.3 is 10.1 Å². The fourth-order valence-corrected chi connectivity index (χ4v) is 2.74. The second kappa shape index (κ2) is 6.65. The molecule has 0 unspecified atom stereocenters. The van der Waals surface area contributed by atoms with Crippen molar-refractivity contribution in [3.8, 4) is 5.75 Å². The highest BCUT2D eigenvalue weighted by Gasteiger charge is 2.26. The first-order valence-electron chi connectivity index (χ1n) is 6.53. The number of hydrogen-bond acceptors (Lipinski definition) is 2. The van der Waals surface area contributed by atoms with Gasteiger partial charge in [0, 0.05) is 12.5 Å². The molecule has 0 aromatic heterocycles. The van der Waals surface area contributed by atoms with Gasteiger partial charge in [-0.15, -0.1) is 0 Å². The molecule has 2 nitrogen and oxygen atoms in total. The summed E-state index contributed by atoms with van der Waals surface area (Å²) in [4.78, 5) is 0. The Bertz CT molecular complexity index is 391. The van der Waals surface area contributed by atoms with Crippen LogP contribution in [0.2, 0.25) is 10.0 Å². The van der Waals surface area contributed by atoms with E-state index in [1.54, 1.807) is 6.07 Å². The van der Waals surface area contributed by atoms with Gasteiger partial charge in [0.05, 0.1) is 5.02 Å². The van der Waals surface area contributed by atoms with Crippen LogP contribution in [-0.2, 0) is 0 Å². The first kappa shape index (κ1) is 14.0. The molecule has 0 amide bonds. The molecule has 1 fully saturated rings. The number of ether oxygens (including phenoxy) is 1. The number of rotatable bonds is 5. The first-order chi connectivity index (χ1) is 8.72. The molecule has 1 aliphatic heterocycles. The fraction of sp³-hybridized carbons (Fsp3) is 0.571. The highest BCUT2D eigenvalue weighted by molar-refractivity contribution is 6.42. The van der Waals surface area contributed by atoms with Crippen molar-refractivity contribution < 1.29 is 4.74 Å². The Morgan fingerprint density at radius 3 is 2.94 bits per heavy atom. The van der Waals surface area contributed by atoms with Gasteiger partial charge >= 0.3 is 0 Å². The largest absolute Gasteiger partial charge is 0.488 e. The fourth-order valence-electron chi connectivity index (χ4n) is 2.41. The molecule has 0 aliphatic carbocycles. The summed E-state index contributed by atoms with van der Waals surface area (Å²) >= 11 is 12.2. The molecular formula is C14H19Cl2NO. The molecule has 2 atom stereocenters. The molecule has 1 aliphatic rings. The summed E-state index contributed by atoms with van der Waals surface area (Å²) < 4.78 is 6.09. The molecule has 0 saturated carbocycles. The van der Waals surface area contributed by atoms with Crippen LogP contribution >= 0.6 is 23.2 Å². The number of benzene rings is 1. The zero-order valence-corrected chi connectivity index (χ0v) is 12.1. The summed E-state index contributed by atoms with van der Waals surface area (Å²) in [5.41, 5.74) is 0. The third kappa shape index (κ3) is 3.31. The molecule has 1 aromatic carbocycles. The molecule has 18 heavy (non-hydrogen) atoms. The average Bonchev–Trinajstić information content (AvgIpc) is 2.88. The van der Waals surface area contributed by atoms with Crippen molar-refractivity contribution in [2.45, 2.75) is 32.3 Å². The summed E-state index contributed by atoms with van der Waals surface area (Å²) in [6.45, 7) is 4.29. The zero-order chi connectivity index (χ0) is 13.0. The van der Waals surface area contributed by atoms with Crippen molar-refractivity contribution in [1.29, 1.82) is 0 Å². The monoisotopic (exact) mass is 287 g/mol. The molecule has 1 aromatic rings. The van der Waals surface area contributed by atoms with Crippen LogP contribution in [0.3, 0.4) is 0 Å². The smallest absolute Gasteiger partial charge is 0.139 e. The van der Waals surface area contributed by atoms with Crippen LogP contribution in [0.15, 0.2) is 18.2 Å². The molecule has 4 heteroatoms. The van der Waals surface area contributed by atoms with Crippen molar-refractivity contribution in [2.75, 3.05) is 13.1 Å². The molecule has 0 bridgehead atoms. The third-order valence-corrected chi connectivity index (χ3v) is 4.19. The lowest BCUT2D eigenvalue weighted by Crippen LogP contribution is -2.28. The Labute approximate surface area is 119 Å². The lowest BCUT2D eigenvalue weighted by Gasteiger charge is -2.24. The quantitative estimate of drug-likeness (QED) is 0.878. The standard InChI is InChI=1S/C14H19Cl2NO/c1-2-4-12(10-7-8-17-9-10)18-13-6-3-5-11(15)14(13)16/h3,5-6,10,12,17H,2,4,7-9H2,1H3/t10-,12+/m0/s1. The highest BCUT2D eigenvalue weighted by Crippen LogP contribution is 2.34. The Hall–Kier alpha value is -0.440. The van der Waals surface area contributed by atoms with E-state index in [9.17, 15) is 0 Å². The van der Waals surface area contributed by atoms with Gasteiger partial charge in [0.2, 0.25) is 0 Å². The van der Waals surface area contributed by atoms with Crippen LogP contribution in [-0.4, -0.2) is 19.2 Å². The van der Waals surface area contributed by atoms with Crippen LogP contribution in [0, 0.1) is 5.92 Å². The third-order valence-electron chi connectivity index (χ3n) is 3.39. The zero-order valence-electron chi connectivity index (χ0n) is 10.6. The van der Waals surface area contributed by atoms with Crippen LogP contribution in [0.1, 0.15) is 26.2 Å². The van der Waals surface area contributed by atoms with Crippen molar-refractivity contribution in [2.24, 2.45) is 5.92 Å². The van der Waals surface area contributed by atoms with Crippen LogP contribution in [0.4, 0.5) is 0 Å². The summed E-state index contributed by atoms with van der Waals surface area (Å²) in [7, 11) is 0. The minimum absolute atomic E-state index is 0.223. The maximum atomic E-state index is 6.17. The predicted molar refractivity (Wildman–Crippen MR) is 76.8 cm³/mol. The maximum absolute atomic E-state index is 6.17. The maximum Gasteiger partial charge on any atom is 0.139 e. The van der Waals surface area contributed by atoms with E-state index in [1.807, 2.05) is 12.1 Å². The van der Waals surface area contributed by atoms with Crippen molar-refractivity contribution in [3.05, 3.63) is 28.2 Å². The summed E-state index contributed by atoms with van der Waals surface area (Å²) in [6, 6.07) is 5.54. The van der Waals surface area contributed by atoms with E-state index in [1.165, 1.54) is 6.42 Å². The highest BCUT2D eigenvalue weighted by atomic mass is 35.5. The SMILES string of the molecule is CCC[C@@H](Oc1cccc(Cl)c1Cl)[C@H]1CCNC1. The van der Waals surface area contributed by atoms with Crippen LogP contribution in [0.25, 0.3) is 0 Å². The minimum atomic E-state index is 0.223. The molecule has 100 valence electrons. The summed E-state index contributed by atoms with van der Waals surface area (Å²) in [6.07, 6.45) is 3.55. The molecule has 0 radical (unpaired) electrons. The van der Waals surface area contributed by atoms with E-state index in [0.717, 1.165) is 25.9 Å². The average molecular weight is 288 g/mol. The number of nitrogens with one attached hydrogen (secondary N) is 1. The van der Waals surface area contributed by atoms with Gasteiger partial charge in [0.15, 0.2) is 0 Å². The molecule has 1 N–H and O–H groups in total. The van der Waals surface area contributed by atoms with E-state index >= 15 is 0 Å². The molecule has 1 saturated heterocycles. The van der Waals surface area contributed by atoms with Gasteiger partial charge in [0.1, 0.15) is 16.9 Å². The van der Waals surface area contributed by atoms with E-state index < -0.39 is 0 Å². The van der Waals surface area contributed by atoms with Crippen molar-refractivity contribution in [1.82, 2.24) is 5.32 Å². The Morgan fingerprint density at radius 2 is 2.28 bits per heavy atom. The second-order valence-electron chi connectivity index (χ2n) is 4.75. The summed E-state index contributed by atoms with van der Waals surface area (Å²) in [5, 5.41) is 4.45. The van der Waals surface area contributed by atoms with Gasteiger partial charge in [0.25, 0.3) is 0 Å². The Morgan fingerprint density at radius 1 is 1.44 bits per heavy atom. The topological polar surface area (TPSA) is 21.3 Å². The second-order valence-corrected chi connectivity index (χ2v) is 5.53. The van der Waals surface area contributed by atoms with Crippen LogP contribution < -0.4 is 10.1 Å². The lowest BCUT2D eigenvalue weighted by molar-refractivity contribution is 0.132. The normalized spacial score (nSPS) is 20.9. The number of hydrogen-bond donors (Lipinski definition) is 1. The Balaban J connectivity index is 2.10. The molecular weight excluding hydrogens is 269 g/mol. The predicted octanol–water partition coefficient (Wildman–Crippen LogP) is 4.15.